The molecule has 1 saturated carbocycles. The molecule has 2 N–H and O–H groups in total. The summed E-state index contributed by atoms with van der Waals surface area (Å²) in [5.41, 5.74) is 8.32. The number of thiazole rings is 1. The predicted octanol–water partition coefficient (Wildman–Crippen LogP) is 3.96. The Morgan fingerprint density at radius 2 is 2.26 bits per heavy atom. The fourth-order valence-electron chi connectivity index (χ4n) is 2.19. The number of nitrogens with two attached hydrogens (primary N) is 1. The van der Waals surface area contributed by atoms with E-state index in [0.717, 1.165) is 16.6 Å². The van der Waals surface area contributed by atoms with Gasteiger partial charge in [-0.1, -0.05) is 6.07 Å². The molecule has 19 heavy (non-hydrogen) atoms. The van der Waals surface area contributed by atoms with Crippen LogP contribution in [-0.4, -0.2) is 12.1 Å². The van der Waals surface area contributed by atoms with Crippen LogP contribution in [0.5, 0.6) is 5.75 Å². The van der Waals surface area contributed by atoms with Crippen molar-refractivity contribution in [2.24, 2.45) is 0 Å². The van der Waals surface area contributed by atoms with Crippen molar-refractivity contribution in [2.75, 3.05) is 12.8 Å². The lowest BCUT2D eigenvalue weighted by Gasteiger charge is -2.06. The molecule has 1 aromatic heterocycles. The highest BCUT2D eigenvalue weighted by Crippen LogP contribution is 2.43. The molecule has 1 heterocycles. The van der Waals surface area contributed by atoms with Gasteiger partial charge in [-0.2, -0.15) is 0 Å². The molecule has 1 aromatic carbocycles. The van der Waals surface area contributed by atoms with Crippen molar-refractivity contribution >= 4 is 32.4 Å². The highest BCUT2D eigenvalue weighted by molar-refractivity contribution is 9.10. The summed E-state index contributed by atoms with van der Waals surface area (Å²) < 4.78 is 6.23. The van der Waals surface area contributed by atoms with Gasteiger partial charge in [-0.15, -0.1) is 11.3 Å². The molecular formula is C14H15BrN2OS. The third-order valence-corrected chi connectivity index (χ3v) is 4.81. The van der Waals surface area contributed by atoms with E-state index in [1.807, 2.05) is 6.07 Å². The zero-order chi connectivity index (χ0) is 13.4. The highest BCUT2D eigenvalue weighted by Gasteiger charge is 2.29. The first kappa shape index (κ1) is 12.9. The Balaban J connectivity index is 1.86. The highest BCUT2D eigenvalue weighted by atomic mass is 79.9. The lowest BCUT2D eigenvalue weighted by atomic mass is 10.1. The van der Waals surface area contributed by atoms with Crippen LogP contribution in [0, 0.1) is 0 Å². The molecule has 3 rings (SSSR count). The van der Waals surface area contributed by atoms with Gasteiger partial charge in [-0.05, 0) is 46.5 Å². The third kappa shape index (κ3) is 2.77. The number of nitrogen functional groups attached to an aromatic ring is 1. The van der Waals surface area contributed by atoms with Gasteiger partial charge < -0.3 is 10.5 Å². The van der Waals surface area contributed by atoms with Crippen molar-refractivity contribution in [1.82, 2.24) is 4.98 Å². The van der Waals surface area contributed by atoms with Crippen molar-refractivity contribution in [3.8, 4) is 5.75 Å². The van der Waals surface area contributed by atoms with Gasteiger partial charge in [-0.25, -0.2) is 4.98 Å². The summed E-state index contributed by atoms with van der Waals surface area (Å²) >= 11 is 5.14. The first-order valence-corrected chi connectivity index (χ1v) is 7.86. The van der Waals surface area contributed by atoms with Crippen LogP contribution in [0.15, 0.2) is 22.7 Å². The molecule has 3 nitrogen and oxygen atoms in total. The van der Waals surface area contributed by atoms with Crippen LogP contribution in [-0.2, 0) is 6.42 Å². The van der Waals surface area contributed by atoms with Crippen LogP contribution in [0.2, 0.25) is 0 Å². The Bertz CT molecular complexity index is 607. The quantitative estimate of drug-likeness (QED) is 0.917. The molecule has 0 atom stereocenters. The van der Waals surface area contributed by atoms with Crippen molar-refractivity contribution in [2.45, 2.75) is 25.2 Å². The Labute approximate surface area is 124 Å². The van der Waals surface area contributed by atoms with Crippen LogP contribution in [0.1, 0.15) is 34.9 Å². The van der Waals surface area contributed by atoms with Gasteiger partial charge in [0.05, 0.1) is 17.3 Å². The SMILES string of the molecule is COc1ccc(Cc2sc(N)nc2C2CC2)cc1Br. The molecule has 0 aliphatic heterocycles. The van der Waals surface area contributed by atoms with E-state index in [-0.39, 0.29) is 0 Å². The third-order valence-electron chi connectivity index (χ3n) is 3.29. The number of halogens is 1. The number of nitrogens with zero attached hydrogens (tertiary/aromatic N) is 1. The molecular weight excluding hydrogens is 324 g/mol. The van der Waals surface area contributed by atoms with Gasteiger partial charge in [0.1, 0.15) is 5.75 Å². The van der Waals surface area contributed by atoms with Crippen molar-refractivity contribution in [1.29, 1.82) is 0 Å². The predicted molar refractivity (Wildman–Crippen MR) is 82.0 cm³/mol. The second-order valence-corrected chi connectivity index (χ2v) is 6.75. The van der Waals surface area contributed by atoms with Gasteiger partial charge in [0.25, 0.3) is 0 Å². The first-order valence-electron chi connectivity index (χ1n) is 6.25. The summed E-state index contributed by atoms with van der Waals surface area (Å²) in [6.07, 6.45) is 3.40. The van der Waals surface area contributed by atoms with Gasteiger partial charge in [0.2, 0.25) is 0 Å². The molecule has 0 bridgehead atoms. The molecule has 5 heteroatoms. The summed E-state index contributed by atoms with van der Waals surface area (Å²) in [5, 5.41) is 0.685. The second-order valence-electron chi connectivity index (χ2n) is 4.78. The number of methoxy groups -OCH3 is 1. The first-order chi connectivity index (χ1) is 9.17. The molecule has 0 saturated heterocycles. The second kappa shape index (κ2) is 5.13. The van der Waals surface area contributed by atoms with Crippen LogP contribution >= 0.6 is 27.3 Å². The standard InChI is InChI=1S/C14H15BrN2OS/c1-18-11-5-2-8(6-10(11)15)7-12-13(9-3-4-9)17-14(16)19-12/h2,5-6,9H,3-4,7H2,1H3,(H2,16,17). The van der Waals surface area contributed by atoms with Crippen molar-refractivity contribution in [3.05, 3.63) is 38.8 Å². The number of ether oxygens (including phenoxy) is 1. The molecule has 0 radical (unpaired) electrons. The zero-order valence-electron chi connectivity index (χ0n) is 10.6. The lowest BCUT2D eigenvalue weighted by molar-refractivity contribution is 0.412. The zero-order valence-corrected chi connectivity index (χ0v) is 13.1. The van der Waals surface area contributed by atoms with Crippen LogP contribution in [0.3, 0.4) is 0 Å². The van der Waals surface area contributed by atoms with Crippen molar-refractivity contribution < 1.29 is 4.74 Å². The molecule has 1 aliphatic rings. The van der Waals surface area contributed by atoms with E-state index in [1.54, 1.807) is 18.4 Å². The Morgan fingerprint density at radius 3 is 2.89 bits per heavy atom. The number of anilines is 1. The van der Waals surface area contributed by atoms with Gasteiger partial charge in [0.15, 0.2) is 5.13 Å². The van der Waals surface area contributed by atoms with E-state index in [4.69, 9.17) is 10.5 Å². The summed E-state index contributed by atoms with van der Waals surface area (Å²) in [5.74, 6) is 1.50. The summed E-state index contributed by atoms with van der Waals surface area (Å²) in [4.78, 5) is 5.79. The normalized spacial score (nSPS) is 14.6. The topological polar surface area (TPSA) is 48.1 Å². The monoisotopic (exact) mass is 338 g/mol. The van der Waals surface area contributed by atoms with Crippen LogP contribution < -0.4 is 10.5 Å². The molecule has 0 amide bonds. The number of hydrogen-bond donors (Lipinski definition) is 1. The maximum Gasteiger partial charge on any atom is 0.180 e. The van der Waals surface area contributed by atoms with E-state index in [0.29, 0.717) is 11.0 Å². The summed E-state index contributed by atoms with van der Waals surface area (Å²) in [7, 11) is 1.68. The molecule has 2 aromatic rings. The van der Waals surface area contributed by atoms with E-state index in [1.165, 1.54) is 29.0 Å². The van der Waals surface area contributed by atoms with Gasteiger partial charge >= 0.3 is 0 Å². The van der Waals surface area contributed by atoms with Gasteiger partial charge in [-0.3, -0.25) is 0 Å². The molecule has 1 aliphatic carbocycles. The fourth-order valence-corrected chi connectivity index (χ4v) is 3.73. The summed E-state index contributed by atoms with van der Waals surface area (Å²) in [6, 6.07) is 6.18. The Hall–Kier alpha value is -1.07. The largest absolute Gasteiger partial charge is 0.496 e. The minimum absolute atomic E-state index is 0.644. The number of hydrogen-bond acceptors (Lipinski definition) is 4. The minimum atomic E-state index is 0.644. The number of rotatable bonds is 4. The molecule has 1 fully saturated rings. The maximum absolute atomic E-state index is 5.85. The van der Waals surface area contributed by atoms with Gasteiger partial charge in [0, 0.05) is 17.2 Å². The van der Waals surface area contributed by atoms with Crippen LogP contribution in [0.4, 0.5) is 5.13 Å². The van der Waals surface area contributed by atoms with E-state index < -0.39 is 0 Å². The summed E-state index contributed by atoms with van der Waals surface area (Å²) in [6.45, 7) is 0. The number of benzene rings is 1. The smallest absolute Gasteiger partial charge is 0.180 e. The molecule has 100 valence electrons. The Morgan fingerprint density at radius 1 is 1.47 bits per heavy atom. The van der Waals surface area contributed by atoms with E-state index >= 15 is 0 Å². The average Bonchev–Trinajstić information content (AvgIpc) is 3.15. The van der Waals surface area contributed by atoms with E-state index in [9.17, 15) is 0 Å². The van der Waals surface area contributed by atoms with Crippen molar-refractivity contribution in [3.63, 3.8) is 0 Å². The maximum atomic E-state index is 5.85. The van der Waals surface area contributed by atoms with Crippen LogP contribution in [0.25, 0.3) is 0 Å². The lowest BCUT2D eigenvalue weighted by Crippen LogP contribution is -1.92. The average molecular weight is 339 g/mol. The van der Waals surface area contributed by atoms with E-state index in [2.05, 4.69) is 33.0 Å². The minimum Gasteiger partial charge on any atom is -0.496 e. The number of aromatic nitrogens is 1. The Kier molecular flexibility index (Phi) is 3.50. The fraction of sp³-hybridized carbons (Fsp3) is 0.357. The molecule has 0 spiro atoms. The molecule has 0 unspecified atom stereocenters.